The minimum Gasteiger partial charge on any atom is -0.409 e. The number of anilines is 1. The summed E-state index contributed by atoms with van der Waals surface area (Å²) in [4.78, 5) is 12.2. The molecule has 0 saturated heterocycles. The monoisotopic (exact) mass is 367 g/mol. The molecule has 2 rings (SSSR count). The molecule has 0 spiro atoms. The summed E-state index contributed by atoms with van der Waals surface area (Å²) in [5.74, 6) is -0.385. The number of nitrogens with two attached hydrogens (primary N) is 1. The molecule has 0 aliphatic carbocycles. The van der Waals surface area contributed by atoms with Crippen LogP contribution in [0.1, 0.15) is 15.9 Å². The molecule has 1 amide bonds. The molecule has 0 radical (unpaired) electrons. The highest BCUT2D eigenvalue weighted by Crippen LogP contribution is 2.22. The van der Waals surface area contributed by atoms with Gasteiger partial charge in [0, 0.05) is 15.7 Å². The van der Waals surface area contributed by atoms with Crippen LogP contribution in [0.25, 0.3) is 0 Å². The molecule has 2 aromatic carbocycles. The van der Waals surface area contributed by atoms with Crippen molar-refractivity contribution < 1.29 is 10.0 Å². The van der Waals surface area contributed by atoms with Crippen molar-refractivity contribution in [1.29, 1.82) is 0 Å². The Labute approximate surface area is 134 Å². The fraction of sp³-hybridized carbons (Fsp3) is 0. The first-order chi connectivity index (χ1) is 10.0. The zero-order valence-corrected chi connectivity index (χ0v) is 13.0. The molecule has 0 unspecified atom stereocenters. The summed E-state index contributed by atoms with van der Waals surface area (Å²) in [5, 5.41) is 14.6. The Morgan fingerprint density at radius 2 is 2.05 bits per heavy atom. The van der Waals surface area contributed by atoms with E-state index in [1.165, 1.54) is 0 Å². The smallest absolute Gasteiger partial charge is 0.257 e. The second-order valence-electron chi connectivity index (χ2n) is 4.14. The molecular weight excluding hydrogens is 358 g/mol. The van der Waals surface area contributed by atoms with Gasteiger partial charge in [0.05, 0.1) is 10.6 Å². The van der Waals surface area contributed by atoms with E-state index in [1.807, 2.05) is 0 Å². The van der Waals surface area contributed by atoms with Gasteiger partial charge in [-0.2, -0.15) is 0 Å². The molecule has 108 valence electrons. The third-order valence-corrected chi connectivity index (χ3v) is 3.52. The normalized spacial score (nSPS) is 11.2. The number of amides is 1. The van der Waals surface area contributed by atoms with E-state index in [2.05, 4.69) is 26.4 Å². The van der Waals surface area contributed by atoms with Crippen molar-refractivity contribution in [2.45, 2.75) is 0 Å². The van der Waals surface area contributed by atoms with Crippen molar-refractivity contribution >= 4 is 45.0 Å². The van der Waals surface area contributed by atoms with Crippen LogP contribution in [0.5, 0.6) is 0 Å². The van der Waals surface area contributed by atoms with Gasteiger partial charge in [-0.05, 0) is 30.3 Å². The van der Waals surface area contributed by atoms with Crippen molar-refractivity contribution in [2.24, 2.45) is 10.9 Å². The Kier molecular flexibility index (Phi) is 4.82. The maximum Gasteiger partial charge on any atom is 0.257 e. The number of oxime groups is 1. The maximum atomic E-state index is 12.2. The van der Waals surface area contributed by atoms with Gasteiger partial charge in [-0.15, -0.1) is 0 Å². The highest BCUT2D eigenvalue weighted by molar-refractivity contribution is 9.10. The second-order valence-corrected chi connectivity index (χ2v) is 5.47. The molecule has 0 saturated carbocycles. The van der Waals surface area contributed by atoms with Crippen LogP contribution in [-0.2, 0) is 0 Å². The summed E-state index contributed by atoms with van der Waals surface area (Å²) in [6, 6.07) is 11.6. The van der Waals surface area contributed by atoms with Gasteiger partial charge in [-0.25, -0.2) is 0 Å². The summed E-state index contributed by atoms with van der Waals surface area (Å²) in [6.07, 6.45) is 0. The lowest BCUT2D eigenvalue weighted by molar-refractivity contribution is 0.102. The van der Waals surface area contributed by atoms with Gasteiger partial charge in [0.2, 0.25) is 0 Å². The molecule has 5 nitrogen and oxygen atoms in total. The first-order valence-electron chi connectivity index (χ1n) is 5.85. The minimum absolute atomic E-state index is 0.0356. The fourth-order valence-electron chi connectivity index (χ4n) is 1.68. The predicted molar refractivity (Wildman–Crippen MR) is 86.1 cm³/mol. The maximum absolute atomic E-state index is 12.2. The van der Waals surface area contributed by atoms with E-state index >= 15 is 0 Å². The first kappa shape index (κ1) is 15.3. The summed E-state index contributed by atoms with van der Waals surface area (Å²) in [6.45, 7) is 0. The van der Waals surface area contributed by atoms with E-state index in [4.69, 9.17) is 22.5 Å². The van der Waals surface area contributed by atoms with Crippen LogP contribution in [0, 0.1) is 0 Å². The molecule has 0 aromatic heterocycles. The zero-order valence-electron chi connectivity index (χ0n) is 10.7. The minimum atomic E-state index is -0.349. The topological polar surface area (TPSA) is 87.7 Å². The van der Waals surface area contributed by atoms with E-state index in [1.54, 1.807) is 42.5 Å². The largest absolute Gasteiger partial charge is 0.409 e. The lowest BCUT2D eigenvalue weighted by atomic mass is 10.1. The van der Waals surface area contributed by atoms with Gasteiger partial charge < -0.3 is 16.3 Å². The van der Waals surface area contributed by atoms with Crippen LogP contribution in [0.4, 0.5) is 5.69 Å². The highest BCUT2D eigenvalue weighted by Gasteiger charge is 2.11. The molecule has 4 N–H and O–H groups in total. The highest BCUT2D eigenvalue weighted by atomic mass is 79.9. The molecule has 0 atom stereocenters. The Hall–Kier alpha value is -2.05. The summed E-state index contributed by atoms with van der Waals surface area (Å²) in [5.41, 5.74) is 6.87. The van der Waals surface area contributed by atoms with E-state index in [0.717, 1.165) is 4.47 Å². The van der Waals surface area contributed by atoms with Gasteiger partial charge in [0.1, 0.15) is 0 Å². The Morgan fingerprint density at radius 1 is 1.29 bits per heavy atom. The Balaban J connectivity index is 2.26. The Bertz CT molecular complexity index is 719. The molecule has 0 aliphatic heterocycles. The third-order valence-electron chi connectivity index (χ3n) is 2.70. The van der Waals surface area contributed by atoms with Gasteiger partial charge in [-0.1, -0.05) is 44.8 Å². The van der Waals surface area contributed by atoms with Crippen molar-refractivity contribution in [3.8, 4) is 0 Å². The average Bonchev–Trinajstić information content (AvgIpc) is 2.49. The van der Waals surface area contributed by atoms with Crippen LogP contribution in [0.2, 0.25) is 5.02 Å². The SMILES string of the molecule is N/C(=N/O)c1cccc(NC(=O)c2cc(Br)ccc2Cl)c1. The van der Waals surface area contributed by atoms with Crippen molar-refractivity contribution in [2.75, 3.05) is 5.32 Å². The number of rotatable bonds is 3. The van der Waals surface area contributed by atoms with Crippen molar-refractivity contribution in [3.05, 3.63) is 63.1 Å². The number of benzene rings is 2. The standard InChI is InChI=1S/C14H11BrClN3O2/c15-9-4-5-12(16)11(7-9)14(20)18-10-3-1-2-8(6-10)13(17)19-21/h1-7,21H,(H2,17,19)(H,18,20). The number of hydrogen-bond donors (Lipinski definition) is 3. The van der Waals surface area contributed by atoms with E-state index in [-0.39, 0.29) is 11.7 Å². The first-order valence-corrected chi connectivity index (χ1v) is 7.02. The van der Waals surface area contributed by atoms with Crippen molar-refractivity contribution in [1.82, 2.24) is 0 Å². The lowest BCUT2D eigenvalue weighted by Gasteiger charge is -2.08. The van der Waals surface area contributed by atoms with Gasteiger partial charge in [0.15, 0.2) is 5.84 Å². The van der Waals surface area contributed by atoms with Crippen LogP contribution >= 0.6 is 27.5 Å². The number of nitrogens with zero attached hydrogens (tertiary/aromatic N) is 1. The molecule has 7 heteroatoms. The lowest BCUT2D eigenvalue weighted by Crippen LogP contribution is -2.15. The molecule has 21 heavy (non-hydrogen) atoms. The number of carbonyl (C=O) groups is 1. The fourth-order valence-corrected chi connectivity index (χ4v) is 2.25. The molecule has 2 aromatic rings. The number of nitrogens with one attached hydrogen (secondary N) is 1. The Morgan fingerprint density at radius 3 is 2.76 bits per heavy atom. The van der Waals surface area contributed by atoms with Crippen molar-refractivity contribution in [3.63, 3.8) is 0 Å². The zero-order chi connectivity index (χ0) is 15.4. The molecule has 0 aliphatic rings. The number of halogens is 2. The average molecular weight is 369 g/mol. The number of hydrogen-bond acceptors (Lipinski definition) is 3. The van der Waals surface area contributed by atoms with E-state index in [9.17, 15) is 4.79 Å². The van der Waals surface area contributed by atoms with Gasteiger partial charge in [0.25, 0.3) is 5.91 Å². The summed E-state index contributed by atoms with van der Waals surface area (Å²) >= 11 is 9.30. The third kappa shape index (κ3) is 3.74. The van der Waals surface area contributed by atoms with E-state index in [0.29, 0.717) is 21.8 Å². The van der Waals surface area contributed by atoms with E-state index < -0.39 is 0 Å². The molecule has 0 heterocycles. The predicted octanol–water partition coefficient (Wildman–Crippen LogP) is 3.45. The number of carbonyl (C=O) groups excluding carboxylic acids is 1. The van der Waals surface area contributed by atoms with Gasteiger partial charge in [-0.3, -0.25) is 4.79 Å². The van der Waals surface area contributed by atoms with Crippen LogP contribution < -0.4 is 11.1 Å². The second kappa shape index (κ2) is 6.60. The quantitative estimate of drug-likeness (QED) is 0.335. The van der Waals surface area contributed by atoms with Gasteiger partial charge >= 0.3 is 0 Å². The molecular formula is C14H11BrClN3O2. The molecule has 0 fully saturated rings. The number of amidine groups is 1. The summed E-state index contributed by atoms with van der Waals surface area (Å²) < 4.78 is 0.752. The van der Waals surface area contributed by atoms with Crippen LogP contribution in [-0.4, -0.2) is 17.0 Å². The van der Waals surface area contributed by atoms with Crippen LogP contribution in [0.15, 0.2) is 52.1 Å². The van der Waals surface area contributed by atoms with Crippen LogP contribution in [0.3, 0.4) is 0 Å². The summed E-state index contributed by atoms with van der Waals surface area (Å²) in [7, 11) is 0. The molecule has 0 bridgehead atoms.